The first-order valence-electron chi connectivity index (χ1n) is 10.6. The molecule has 1 saturated carbocycles. The average molecular weight is 423 g/mol. The van der Waals surface area contributed by atoms with Gasteiger partial charge in [0.25, 0.3) is 11.8 Å². The fourth-order valence-corrected chi connectivity index (χ4v) is 3.48. The molecule has 0 aliphatic heterocycles. The van der Waals surface area contributed by atoms with Gasteiger partial charge in [0, 0.05) is 30.0 Å². The second kappa shape index (κ2) is 9.20. The van der Waals surface area contributed by atoms with E-state index in [9.17, 15) is 14.0 Å². The Bertz CT molecular complexity index is 1050. The molecular formula is C24H26FN3O3. The van der Waals surface area contributed by atoms with Crippen LogP contribution in [-0.2, 0) is 13.1 Å². The molecule has 2 aromatic heterocycles. The van der Waals surface area contributed by atoms with Gasteiger partial charge in [0.2, 0.25) is 0 Å². The van der Waals surface area contributed by atoms with Crippen LogP contribution in [0.1, 0.15) is 58.6 Å². The number of nitrogens with zero attached hydrogens (tertiary/aromatic N) is 2. The van der Waals surface area contributed by atoms with Crippen molar-refractivity contribution in [3.05, 3.63) is 83.3 Å². The number of benzene rings is 1. The number of hydrogen-bond donors (Lipinski definition) is 1. The molecule has 2 amide bonds. The number of halogens is 1. The molecule has 1 aromatic carbocycles. The molecular weight excluding hydrogens is 397 g/mol. The van der Waals surface area contributed by atoms with Crippen molar-refractivity contribution in [2.45, 2.75) is 45.3 Å². The molecule has 31 heavy (non-hydrogen) atoms. The normalized spacial score (nSPS) is 13.2. The molecule has 4 rings (SSSR count). The Kier molecular flexibility index (Phi) is 6.21. The molecule has 6 nitrogen and oxygen atoms in total. The van der Waals surface area contributed by atoms with Crippen LogP contribution in [0.25, 0.3) is 0 Å². The second-order valence-corrected chi connectivity index (χ2v) is 7.87. The first kappa shape index (κ1) is 20.9. The highest BCUT2D eigenvalue weighted by Gasteiger charge is 2.25. The van der Waals surface area contributed by atoms with Crippen molar-refractivity contribution in [3.63, 3.8) is 0 Å². The summed E-state index contributed by atoms with van der Waals surface area (Å²) in [5, 5.41) is 2.92. The van der Waals surface area contributed by atoms with E-state index in [1.807, 2.05) is 29.8 Å². The molecule has 7 heteroatoms. The molecule has 2 heterocycles. The fraction of sp³-hybridized carbons (Fsp3) is 0.333. The number of aromatic nitrogens is 1. The van der Waals surface area contributed by atoms with Gasteiger partial charge in [-0.25, -0.2) is 4.39 Å². The first-order chi connectivity index (χ1) is 15.0. The summed E-state index contributed by atoms with van der Waals surface area (Å²) < 4.78 is 21.0. The van der Waals surface area contributed by atoms with Gasteiger partial charge < -0.3 is 19.2 Å². The number of amides is 2. The molecule has 1 N–H and O–H groups in total. The number of hydrogen-bond acceptors (Lipinski definition) is 3. The van der Waals surface area contributed by atoms with Crippen LogP contribution in [0.3, 0.4) is 0 Å². The zero-order valence-corrected chi connectivity index (χ0v) is 17.5. The molecule has 0 radical (unpaired) electrons. The van der Waals surface area contributed by atoms with Crippen LogP contribution in [0.15, 0.2) is 59.1 Å². The summed E-state index contributed by atoms with van der Waals surface area (Å²) in [7, 11) is 0. The maximum absolute atomic E-state index is 13.2. The minimum Gasteiger partial charge on any atom is -0.454 e. The summed E-state index contributed by atoms with van der Waals surface area (Å²) in [6, 6.07) is 13.3. The Morgan fingerprint density at radius 3 is 2.65 bits per heavy atom. The molecule has 1 aliphatic rings. The summed E-state index contributed by atoms with van der Waals surface area (Å²) in [6.07, 6.45) is 4.79. The van der Waals surface area contributed by atoms with Gasteiger partial charge in [0.05, 0.1) is 13.1 Å². The van der Waals surface area contributed by atoms with Crippen LogP contribution >= 0.6 is 0 Å². The highest BCUT2D eigenvalue weighted by atomic mass is 19.1. The summed E-state index contributed by atoms with van der Waals surface area (Å²) in [5.41, 5.74) is 1.41. The van der Waals surface area contributed by atoms with Crippen molar-refractivity contribution in [1.82, 2.24) is 14.8 Å². The lowest BCUT2D eigenvalue weighted by Crippen LogP contribution is -2.32. The lowest BCUT2D eigenvalue weighted by molar-refractivity contribution is 0.0739. The van der Waals surface area contributed by atoms with E-state index in [0.717, 1.165) is 25.0 Å². The number of rotatable bonds is 9. The van der Waals surface area contributed by atoms with Crippen molar-refractivity contribution >= 4 is 11.8 Å². The van der Waals surface area contributed by atoms with E-state index in [-0.39, 0.29) is 23.7 Å². The molecule has 0 spiro atoms. The Morgan fingerprint density at radius 1 is 1.16 bits per heavy atom. The zero-order chi connectivity index (χ0) is 21.8. The van der Waals surface area contributed by atoms with Crippen molar-refractivity contribution in [2.24, 2.45) is 0 Å². The van der Waals surface area contributed by atoms with Crippen molar-refractivity contribution < 1.29 is 18.4 Å². The maximum Gasteiger partial charge on any atom is 0.287 e. The monoisotopic (exact) mass is 423 g/mol. The lowest BCUT2D eigenvalue weighted by Gasteiger charge is -2.23. The number of nitrogens with one attached hydrogen (secondary N) is 1. The van der Waals surface area contributed by atoms with Crippen molar-refractivity contribution in [1.29, 1.82) is 0 Å². The first-order valence-corrected chi connectivity index (χ1v) is 10.6. The summed E-state index contributed by atoms with van der Waals surface area (Å²) in [6.45, 7) is 3.49. The summed E-state index contributed by atoms with van der Waals surface area (Å²) in [5.74, 6) is 0.309. The van der Waals surface area contributed by atoms with E-state index in [1.54, 1.807) is 17.0 Å². The van der Waals surface area contributed by atoms with Gasteiger partial charge in [0.1, 0.15) is 11.6 Å². The largest absolute Gasteiger partial charge is 0.454 e. The predicted molar refractivity (Wildman–Crippen MR) is 114 cm³/mol. The van der Waals surface area contributed by atoms with E-state index in [0.29, 0.717) is 36.7 Å². The van der Waals surface area contributed by atoms with Crippen molar-refractivity contribution in [3.8, 4) is 0 Å². The van der Waals surface area contributed by atoms with Gasteiger partial charge >= 0.3 is 0 Å². The van der Waals surface area contributed by atoms with Crippen LogP contribution in [0.2, 0.25) is 0 Å². The van der Waals surface area contributed by atoms with E-state index >= 15 is 0 Å². The Morgan fingerprint density at radius 2 is 1.94 bits per heavy atom. The fourth-order valence-electron chi connectivity index (χ4n) is 3.48. The van der Waals surface area contributed by atoms with E-state index in [4.69, 9.17) is 4.42 Å². The van der Waals surface area contributed by atoms with Gasteiger partial charge in [-0.05, 0) is 67.8 Å². The summed E-state index contributed by atoms with van der Waals surface area (Å²) in [4.78, 5) is 26.9. The number of carbonyl (C=O) groups is 2. The van der Waals surface area contributed by atoms with Crippen LogP contribution in [-0.4, -0.2) is 33.9 Å². The van der Waals surface area contributed by atoms with Crippen LogP contribution < -0.4 is 5.32 Å². The molecule has 0 unspecified atom stereocenters. The van der Waals surface area contributed by atoms with Gasteiger partial charge in [-0.15, -0.1) is 0 Å². The third-order valence-corrected chi connectivity index (χ3v) is 5.27. The zero-order valence-electron chi connectivity index (χ0n) is 17.5. The highest BCUT2D eigenvalue weighted by molar-refractivity contribution is 5.94. The smallest absolute Gasteiger partial charge is 0.287 e. The molecule has 1 aliphatic carbocycles. The molecule has 0 atom stereocenters. The Balaban J connectivity index is 1.45. The molecule has 162 valence electrons. The minimum absolute atomic E-state index is 0.133. The lowest BCUT2D eigenvalue weighted by atomic mass is 10.2. The number of carbonyl (C=O) groups excluding carboxylic acids is 2. The average Bonchev–Trinajstić information content (AvgIpc) is 3.27. The topological polar surface area (TPSA) is 67.5 Å². The summed E-state index contributed by atoms with van der Waals surface area (Å²) >= 11 is 0. The predicted octanol–water partition coefficient (Wildman–Crippen LogP) is 4.21. The third-order valence-electron chi connectivity index (χ3n) is 5.27. The van der Waals surface area contributed by atoms with Gasteiger partial charge in [-0.1, -0.05) is 6.92 Å². The minimum atomic E-state index is -0.365. The van der Waals surface area contributed by atoms with Crippen LogP contribution in [0.4, 0.5) is 4.39 Å². The van der Waals surface area contributed by atoms with E-state index in [2.05, 4.69) is 5.32 Å². The van der Waals surface area contributed by atoms with Crippen LogP contribution in [0.5, 0.6) is 0 Å². The number of furan rings is 1. The standard InChI is InChI=1S/C24H26FN3O3/c1-2-13-28(24(30)17-5-7-18(25)8-6-17)15-20-4-3-14-27(20)16-21-11-12-22(31-21)23(29)26-19-9-10-19/h3-8,11-12,14,19H,2,9-10,13,15-16H2,1H3,(H,26,29). The van der Waals surface area contributed by atoms with E-state index in [1.165, 1.54) is 24.3 Å². The molecule has 0 saturated heterocycles. The quantitative estimate of drug-likeness (QED) is 0.561. The van der Waals surface area contributed by atoms with Crippen molar-refractivity contribution in [2.75, 3.05) is 6.54 Å². The molecule has 3 aromatic rings. The van der Waals surface area contributed by atoms with E-state index < -0.39 is 0 Å². The van der Waals surface area contributed by atoms with Crippen LogP contribution in [0, 0.1) is 5.82 Å². The molecule has 0 bridgehead atoms. The molecule has 1 fully saturated rings. The maximum atomic E-state index is 13.2. The second-order valence-electron chi connectivity index (χ2n) is 7.87. The van der Waals surface area contributed by atoms with Gasteiger partial charge in [-0.3, -0.25) is 9.59 Å². The highest BCUT2D eigenvalue weighted by Crippen LogP contribution is 2.20. The van der Waals surface area contributed by atoms with Gasteiger partial charge in [0.15, 0.2) is 5.76 Å². The SMILES string of the molecule is CCCN(Cc1cccn1Cc1ccc(C(=O)NC2CC2)o1)C(=O)c1ccc(F)cc1. The Hall–Kier alpha value is -3.35. The van der Waals surface area contributed by atoms with Gasteiger partial charge in [-0.2, -0.15) is 0 Å². The Labute approximate surface area is 180 Å². The third kappa shape index (κ3) is 5.23.